The zero-order valence-corrected chi connectivity index (χ0v) is 14.5. The summed E-state index contributed by atoms with van der Waals surface area (Å²) in [5, 5.41) is 0. The Morgan fingerprint density at radius 1 is 0.750 bits per heavy atom. The molecule has 0 aliphatic rings. The van der Waals surface area contributed by atoms with Gasteiger partial charge in [0, 0.05) is 13.8 Å². The minimum absolute atomic E-state index is 0.257. The maximum Gasteiger partial charge on any atom is 0.308 e. The van der Waals surface area contributed by atoms with Crippen molar-refractivity contribution in [2.45, 2.75) is 40.5 Å². The Morgan fingerprint density at radius 2 is 1.29 bits per heavy atom. The van der Waals surface area contributed by atoms with Crippen molar-refractivity contribution in [3.8, 4) is 11.5 Å². The number of ether oxygens (including phenoxy) is 2. The summed E-state index contributed by atoms with van der Waals surface area (Å²) in [7, 11) is 0. The van der Waals surface area contributed by atoms with Gasteiger partial charge in [-0.25, -0.2) is 0 Å². The molecule has 0 fully saturated rings. The first-order valence-corrected chi connectivity index (χ1v) is 7.91. The van der Waals surface area contributed by atoms with E-state index in [1.807, 2.05) is 6.07 Å². The van der Waals surface area contributed by atoms with Crippen LogP contribution >= 0.6 is 0 Å². The zero-order chi connectivity index (χ0) is 17.7. The SMILES string of the molecule is CC(=O)Oc1ccc(CCc2ccc(C)c(C)c2)cc1OC(C)=O. The molecule has 0 heterocycles. The maximum atomic E-state index is 11.2. The van der Waals surface area contributed by atoms with E-state index in [2.05, 4.69) is 32.0 Å². The second-order valence-corrected chi connectivity index (χ2v) is 5.89. The molecule has 0 aliphatic heterocycles. The fourth-order valence-electron chi connectivity index (χ4n) is 2.43. The van der Waals surface area contributed by atoms with Crippen molar-refractivity contribution in [3.05, 3.63) is 58.7 Å². The molecule has 0 bridgehead atoms. The normalized spacial score (nSPS) is 10.3. The molecule has 0 saturated heterocycles. The highest BCUT2D eigenvalue weighted by atomic mass is 16.6. The van der Waals surface area contributed by atoms with Crippen molar-refractivity contribution in [3.63, 3.8) is 0 Å². The first-order chi connectivity index (χ1) is 11.3. The van der Waals surface area contributed by atoms with Crippen molar-refractivity contribution in [2.75, 3.05) is 0 Å². The van der Waals surface area contributed by atoms with Crippen LogP contribution in [0.4, 0.5) is 0 Å². The third kappa shape index (κ3) is 4.95. The molecule has 4 nitrogen and oxygen atoms in total. The predicted molar refractivity (Wildman–Crippen MR) is 92.4 cm³/mol. The summed E-state index contributed by atoms with van der Waals surface area (Å²) in [5.41, 5.74) is 4.83. The maximum absolute atomic E-state index is 11.2. The Balaban J connectivity index is 2.16. The molecule has 0 aliphatic carbocycles. The van der Waals surface area contributed by atoms with E-state index in [1.165, 1.54) is 30.5 Å². The Labute approximate surface area is 142 Å². The topological polar surface area (TPSA) is 52.6 Å². The van der Waals surface area contributed by atoms with Gasteiger partial charge in [-0.15, -0.1) is 0 Å². The number of aryl methyl sites for hydroxylation is 4. The van der Waals surface area contributed by atoms with E-state index in [0.29, 0.717) is 0 Å². The average Bonchev–Trinajstić information content (AvgIpc) is 2.50. The van der Waals surface area contributed by atoms with E-state index >= 15 is 0 Å². The van der Waals surface area contributed by atoms with Crippen molar-refractivity contribution < 1.29 is 19.1 Å². The molecule has 0 N–H and O–H groups in total. The van der Waals surface area contributed by atoms with Crippen LogP contribution in [0.5, 0.6) is 11.5 Å². The van der Waals surface area contributed by atoms with Crippen LogP contribution in [0.15, 0.2) is 36.4 Å². The summed E-state index contributed by atoms with van der Waals surface area (Å²) in [6, 6.07) is 11.7. The van der Waals surface area contributed by atoms with Crippen LogP contribution in [0.3, 0.4) is 0 Å². The molecule has 0 unspecified atom stereocenters. The lowest BCUT2D eigenvalue weighted by molar-refractivity contribution is -0.134. The molecule has 0 atom stereocenters. The molecular formula is C20H22O4. The highest BCUT2D eigenvalue weighted by Gasteiger charge is 2.11. The quantitative estimate of drug-likeness (QED) is 0.617. The monoisotopic (exact) mass is 326 g/mol. The summed E-state index contributed by atoms with van der Waals surface area (Å²) in [5.74, 6) is -0.371. The molecule has 24 heavy (non-hydrogen) atoms. The van der Waals surface area contributed by atoms with E-state index in [9.17, 15) is 9.59 Å². The third-order valence-electron chi connectivity index (χ3n) is 3.79. The van der Waals surface area contributed by atoms with Crippen LogP contribution in [-0.4, -0.2) is 11.9 Å². The molecule has 0 radical (unpaired) electrons. The number of hydrogen-bond acceptors (Lipinski definition) is 4. The van der Waals surface area contributed by atoms with Gasteiger partial charge in [0.2, 0.25) is 0 Å². The smallest absolute Gasteiger partial charge is 0.308 e. The number of hydrogen-bond donors (Lipinski definition) is 0. The zero-order valence-electron chi connectivity index (χ0n) is 14.5. The van der Waals surface area contributed by atoms with Gasteiger partial charge in [0.25, 0.3) is 0 Å². The van der Waals surface area contributed by atoms with Crippen molar-refractivity contribution in [2.24, 2.45) is 0 Å². The summed E-state index contributed by atoms with van der Waals surface area (Å²) in [4.78, 5) is 22.4. The first-order valence-electron chi connectivity index (χ1n) is 7.91. The van der Waals surface area contributed by atoms with E-state index in [0.717, 1.165) is 18.4 Å². The number of benzene rings is 2. The summed E-state index contributed by atoms with van der Waals surface area (Å²) in [6.45, 7) is 6.83. The van der Waals surface area contributed by atoms with Gasteiger partial charge < -0.3 is 9.47 Å². The Kier molecular flexibility index (Phi) is 5.74. The lowest BCUT2D eigenvalue weighted by Gasteiger charge is -2.11. The summed E-state index contributed by atoms with van der Waals surface area (Å²) < 4.78 is 10.2. The fourth-order valence-corrected chi connectivity index (χ4v) is 2.43. The van der Waals surface area contributed by atoms with Crippen molar-refractivity contribution >= 4 is 11.9 Å². The fraction of sp³-hybridized carbons (Fsp3) is 0.300. The van der Waals surface area contributed by atoms with E-state index < -0.39 is 11.9 Å². The third-order valence-corrected chi connectivity index (χ3v) is 3.79. The second kappa shape index (κ2) is 7.77. The molecule has 2 rings (SSSR count). The van der Waals surface area contributed by atoms with Gasteiger partial charge in [0.1, 0.15) is 0 Å². The van der Waals surface area contributed by atoms with Gasteiger partial charge in [0.05, 0.1) is 0 Å². The highest BCUT2D eigenvalue weighted by Crippen LogP contribution is 2.29. The molecule has 126 valence electrons. The molecule has 0 aromatic heterocycles. The molecule has 2 aromatic rings. The molecular weight excluding hydrogens is 304 g/mol. The van der Waals surface area contributed by atoms with Crippen LogP contribution in [0.25, 0.3) is 0 Å². The van der Waals surface area contributed by atoms with Crippen molar-refractivity contribution in [1.29, 1.82) is 0 Å². The minimum atomic E-state index is -0.453. The van der Waals surface area contributed by atoms with E-state index in [4.69, 9.17) is 9.47 Å². The number of esters is 2. The molecule has 2 aromatic carbocycles. The van der Waals surface area contributed by atoms with Crippen LogP contribution in [0.2, 0.25) is 0 Å². The van der Waals surface area contributed by atoms with Gasteiger partial charge in [0.15, 0.2) is 11.5 Å². The van der Waals surface area contributed by atoms with E-state index in [1.54, 1.807) is 12.1 Å². The van der Waals surface area contributed by atoms with Crippen LogP contribution < -0.4 is 9.47 Å². The van der Waals surface area contributed by atoms with Crippen molar-refractivity contribution in [1.82, 2.24) is 0 Å². The van der Waals surface area contributed by atoms with Gasteiger partial charge in [-0.2, -0.15) is 0 Å². The van der Waals surface area contributed by atoms with Gasteiger partial charge in [-0.3, -0.25) is 9.59 Å². The minimum Gasteiger partial charge on any atom is -0.423 e. The largest absolute Gasteiger partial charge is 0.423 e. The van der Waals surface area contributed by atoms with Gasteiger partial charge in [-0.05, 0) is 61.1 Å². The first kappa shape index (κ1) is 17.7. The molecule has 0 spiro atoms. The standard InChI is InChI=1S/C20H22O4/c1-13-5-6-17(11-14(13)2)7-8-18-9-10-19(23-15(3)21)20(12-18)24-16(4)22/h5-6,9-12H,7-8H2,1-4H3. The molecule has 0 amide bonds. The Morgan fingerprint density at radius 3 is 1.88 bits per heavy atom. The average molecular weight is 326 g/mol. The molecule has 4 heteroatoms. The second-order valence-electron chi connectivity index (χ2n) is 5.89. The molecule has 0 saturated carbocycles. The number of carbonyl (C=O) groups excluding carboxylic acids is 2. The van der Waals surface area contributed by atoms with E-state index in [-0.39, 0.29) is 11.5 Å². The van der Waals surface area contributed by atoms with Crippen LogP contribution in [0, 0.1) is 13.8 Å². The Bertz CT molecular complexity index is 762. The predicted octanol–water partition coefficient (Wildman–Crippen LogP) is 3.94. The number of carbonyl (C=O) groups is 2. The summed E-state index contributed by atoms with van der Waals surface area (Å²) >= 11 is 0. The highest BCUT2D eigenvalue weighted by molar-refractivity contribution is 5.73. The van der Waals surface area contributed by atoms with Gasteiger partial charge in [-0.1, -0.05) is 24.3 Å². The van der Waals surface area contributed by atoms with Crippen LogP contribution in [0.1, 0.15) is 36.1 Å². The lowest BCUT2D eigenvalue weighted by Crippen LogP contribution is -2.07. The van der Waals surface area contributed by atoms with Gasteiger partial charge >= 0.3 is 11.9 Å². The number of rotatable bonds is 5. The summed E-state index contributed by atoms with van der Waals surface area (Å²) in [6.07, 6.45) is 1.69. The van der Waals surface area contributed by atoms with Crippen LogP contribution in [-0.2, 0) is 22.4 Å². The Hall–Kier alpha value is -2.62. The lowest BCUT2D eigenvalue weighted by atomic mass is 10.0.